The van der Waals surface area contributed by atoms with Gasteiger partial charge in [-0.15, -0.1) is 0 Å². The maximum atomic E-state index is 13.4. The van der Waals surface area contributed by atoms with E-state index in [0.29, 0.717) is 22.4 Å². The van der Waals surface area contributed by atoms with Crippen molar-refractivity contribution in [2.75, 3.05) is 10.8 Å². The Morgan fingerprint density at radius 3 is 2.21 bits per heavy atom. The Kier molecular flexibility index (Phi) is 4.61. The summed E-state index contributed by atoms with van der Waals surface area (Å²) in [7, 11) is -3.80. The van der Waals surface area contributed by atoms with E-state index in [0.717, 1.165) is 5.56 Å². The standard InChI is InChI=1S/C23H19NO3S/c1-17-11-13-21(14-12-17)28(26,27)24-16-20(15-19-9-5-6-10-22(19)24)23(25)18-7-3-2-4-8-18/h2-15H,16H2,1H3. The summed E-state index contributed by atoms with van der Waals surface area (Å²) in [5.41, 5.74) is 3.26. The van der Waals surface area contributed by atoms with Gasteiger partial charge in [0, 0.05) is 11.1 Å². The molecular weight excluding hydrogens is 370 g/mol. The molecular formula is C23H19NO3S. The van der Waals surface area contributed by atoms with Crippen molar-refractivity contribution in [1.82, 2.24) is 0 Å². The van der Waals surface area contributed by atoms with Gasteiger partial charge in [0.05, 0.1) is 17.1 Å². The number of hydrogen-bond acceptors (Lipinski definition) is 3. The molecule has 0 amide bonds. The molecule has 0 saturated heterocycles. The van der Waals surface area contributed by atoms with Crippen LogP contribution in [0.5, 0.6) is 0 Å². The molecule has 3 aromatic rings. The van der Waals surface area contributed by atoms with Crippen molar-refractivity contribution in [3.8, 4) is 0 Å². The molecule has 0 aliphatic carbocycles. The lowest BCUT2D eigenvalue weighted by Crippen LogP contribution is -2.36. The zero-order valence-electron chi connectivity index (χ0n) is 15.4. The highest BCUT2D eigenvalue weighted by Gasteiger charge is 2.31. The third kappa shape index (κ3) is 3.25. The highest BCUT2D eigenvalue weighted by Crippen LogP contribution is 2.34. The molecule has 1 aliphatic heterocycles. The van der Waals surface area contributed by atoms with E-state index in [1.165, 1.54) is 4.31 Å². The van der Waals surface area contributed by atoms with Gasteiger partial charge in [-0.1, -0.05) is 66.2 Å². The van der Waals surface area contributed by atoms with Crippen molar-refractivity contribution < 1.29 is 13.2 Å². The molecule has 1 heterocycles. The van der Waals surface area contributed by atoms with E-state index in [4.69, 9.17) is 0 Å². The summed E-state index contributed by atoms with van der Waals surface area (Å²) in [5, 5.41) is 0. The summed E-state index contributed by atoms with van der Waals surface area (Å²) in [4.78, 5) is 13.2. The molecule has 4 nitrogen and oxygen atoms in total. The summed E-state index contributed by atoms with van der Waals surface area (Å²) in [6, 6.07) is 22.9. The predicted octanol–water partition coefficient (Wildman–Crippen LogP) is 4.47. The first kappa shape index (κ1) is 18.2. The van der Waals surface area contributed by atoms with Crippen LogP contribution in [0.1, 0.15) is 21.5 Å². The summed E-state index contributed by atoms with van der Waals surface area (Å²) in [6.45, 7) is 1.91. The van der Waals surface area contributed by atoms with E-state index in [9.17, 15) is 13.2 Å². The summed E-state index contributed by atoms with van der Waals surface area (Å²) in [5.74, 6) is -0.167. The van der Waals surface area contributed by atoms with E-state index in [2.05, 4.69) is 0 Å². The van der Waals surface area contributed by atoms with Gasteiger partial charge in [0.1, 0.15) is 0 Å². The monoisotopic (exact) mass is 389 g/mol. The summed E-state index contributed by atoms with van der Waals surface area (Å²) in [6.07, 6.45) is 1.78. The maximum absolute atomic E-state index is 13.4. The molecule has 3 aromatic carbocycles. The van der Waals surface area contributed by atoms with Crippen molar-refractivity contribution in [3.63, 3.8) is 0 Å². The minimum atomic E-state index is -3.80. The number of hydrogen-bond donors (Lipinski definition) is 0. The number of fused-ring (bicyclic) bond motifs is 1. The normalized spacial score (nSPS) is 13.6. The molecule has 0 N–H and O–H groups in total. The molecule has 28 heavy (non-hydrogen) atoms. The number of rotatable bonds is 4. The van der Waals surface area contributed by atoms with Gasteiger partial charge in [0.25, 0.3) is 10.0 Å². The first-order valence-electron chi connectivity index (χ1n) is 8.95. The van der Waals surface area contributed by atoms with Crippen LogP contribution < -0.4 is 4.31 Å². The van der Waals surface area contributed by atoms with Gasteiger partial charge >= 0.3 is 0 Å². The SMILES string of the molecule is Cc1ccc(S(=O)(=O)N2CC(C(=O)c3ccccc3)=Cc3ccccc32)cc1. The van der Waals surface area contributed by atoms with Crippen LogP contribution in [-0.2, 0) is 10.0 Å². The van der Waals surface area contributed by atoms with Crippen molar-refractivity contribution in [3.05, 3.63) is 101 Å². The second kappa shape index (κ2) is 7.09. The number of Topliss-reactive ketones (excluding diaryl/α,β-unsaturated/α-hetero) is 1. The Labute approximate surface area is 164 Å². The van der Waals surface area contributed by atoms with Gasteiger partial charge < -0.3 is 0 Å². The van der Waals surface area contributed by atoms with E-state index < -0.39 is 10.0 Å². The number of carbonyl (C=O) groups excluding carboxylic acids is 1. The van der Waals surface area contributed by atoms with Crippen molar-refractivity contribution in [1.29, 1.82) is 0 Å². The lowest BCUT2D eigenvalue weighted by atomic mass is 9.97. The largest absolute Gasteiger partial charge is 0.289 e. The fourth-order valence-electron chi connectivity index (χ4n) is 3.27. The van der Waals surface area contributed by atoms with Crippen LogP contribution in [-0.4, -0.2) is 20.7 Å². The van der Waals surface area contributed by atoms with Crippen LogP contribution in [0.15, 0.2) is 89.3 Å². The zero-order valence-corrected chi connectivity index (χ0v) is 16.2. The van der Waals surface area contributed by atoms with Crippen molar-refractivity contribution in [2.24, 2.45) is 0 Å². The van der Waals surface area contributed by atoms with Crippen LogP contribution in [0.4, 0.5) is 5.69 Å². The van der Waals surface area contributed by atoms with E-state index in [-0.39, 0.29) is 17.2 Å². The lowest BCUT2D eigenvalue weighted by Gasteiger charge is -2.30. The molecule has 140 valence electrons. The maximum Gasteiger partial charge on any atom is 0.264 e. The van der Waals surface area contributed by atoms with Crippen LogP contribution in [0.25, 0.3) is 6.08 Å². The highest BCUT2D eigenvalue weighted by atomic mass is 32.2. The summed E-state index contributed by atoms with van der Waals surface area (Å²) < 4.78 is 28.0. The Morgan fingerprint density at radius 2 is 1.50 bits per heavy atom. The van der Waals surface area contributed by atoms with Crippen LogP contribution in [0.2, 0.25) is 0 Å². The van der Waals surface area contributed by atoms with Crippen LogP contribution in [0, 0.1) is 6.92 Å². The van der Waals surface area contributed by atoms with Crippen molar-refractivity contribution >= 4 is 27.6 Å². The Bertz CT molecular complexity index is 1160. The smallest absolute Gasteiger partial charge is 0.264 e. The molecule has 0 atom stereocenters. The quantitative estimate of drug-likeness (QED) is 0.619. The van der Waals surface area contributed by atoms with Gasteiger partial charge in [-0.3, -0.25) is 9.10 Å². The van der Waals surface area contributed by atoms with E-state index in [1.807, 2.05) is 25.1 Å². The Hall–Kier alpha value is -3.18. The van der Waals surface area contributed by atoms with Gasteiger partial charge in [0.2, 0.25) is 0 Å². The minimum absolute atomic E-state index is 0.000943. The van der Waals surface area contributed by atoms with E-state index >= 15 is 0 Å². The molecule has 0 fully saturated rings. The Morgan fingerprint density at radius 1 is 0.857 bits per heavy atom. The predicted molar refractivity (Wildman–Crippen MR) is 111 cm³/mol. The average Bonchev–Trinajstić information content (AvgIpc) is 2.73. The van der Waals surface area contributed by atoms with Crippen molar-refractivity contribution in [2.45, 2.75) is 11.8 Å². The zero-order chi connectivity index (χ0) is 19.7. The highest BCUT2D eigenvalue weighted by molar-refractivity contribution is 7.92. The van der Waals surface area contributed by atoms with Crippen LogP contribution >= 0.6 is 0 Å². The van der Waals surface area contributed by atoms with Crippen LogP contribution in [0.3, 0.4) is 0 Å². The van der Waals surface area contributed by atoms with Gasteiger partial charge in [0.15, 0.2) is 5.78 Å². The number of para-hydroxylation sites is 1. The topological polar surface area (TPSA) is 54.5 Å². The fraction of sp³-hybridized carbons (Fsp3) is 0.0870. The fourth-order valence-corrected chi connectivity index (χ4v) is 4.74. The van der Waals surface area contributed by atoms with E-state index in [1.54, 1.807) is 66.7 Å². The second-order valence-corrected chi connectivity index (χ2v) is 8.61. The number of nitrogens with zero attached hydrogens (tertiary/aromatic N) is 1. The molecule has 0 spiro atoms. The molecule has 0 radical (unpaired) electrons. The van der Waals surface area contributed by atoms with Gasteiger partial charge in [-0.2, -0.15) is 0 Å². The first-order valence-corrected chi connectivity index (χ1v) is 10.4. The summed E-state index contributed by atoms with van der Waals surface area (Å²) >= 11 is 0. The number of aryl methyl sites for hydroxylation is 1. The molecule has 0 unspecified atom stereocenters. The first-order chi connectivity index (χ1) is 13.5. The minimum Gasteiger partial charge on any atom is -0.289 e. The third-order valence-electron chi connectivity index (χ3n) is 4.79. The molecule has 0 bridgehead atoms. The number of carbonyl (C=O) groups is 1. The molecule has 0 aromatic heterocycles. The number of benzene rings is 3. The Balaban J connectivity index is 1.80. The number of sulfonamides is 1. The third-order valence-corrected chi connectivity index (χ3v) is 6.56. The molecule has 1 aliphatic rings. The lowest BCUT2D eigenvalue weighted by molar-refractivity contribution is 0.103. The number of ketones is 1. The van der Waals surface area contributed by atoms with Gasteiger partial charge in [-0.05, 0) is 36.8 Å². The molecule has 5 heteroatoms. The molecule has 4 rings (SSSR count). The second-order valence-electron chi connectivity index (χ2n) is 6.75. The number of anilines is 1. The molecule has 0 saturated carbocycles. The van der Waals surface area contributed by atoms with Gasteiger partial charge in [-0.25, -0.2) is 8.42 Å². The average molecular weight is 389 g/mol.